The maximum Gasteiger partial charge on any atom is 0.161 e. The Labute approximate surface area is 239 Å². The molecule has 4 nitrogen and oxygen atoms in total. The van der Waals surface area contributed by atoms with Crippen LogP contribution in [-0.4, -0.2) is 14.4 Å². The number of rotatable bonds is 2. The summed E-state index contributed by atoms with van der Waals surface area (Å²) in [7, 11) is 0. The van der Waals surface area contributed by atoms with Gasteiger partial charge in [-0.1, -0.05) is 91.0 Å². The first-order chi connectivity index (χ1) is 20.8. The molecule has 0 amide bonds. The van der Waals surface area contributed by atoms with E-state index < -0.39 is 0 Å². The van der Waals surface area contributed by atoms with E-state index in [1.807, 2.05) is 30.3 Å². The van der Waals surface area contributed by atoms with Crippen LogP contribution < -0.4 is 0 Å². The average Bonchev–Trinajstić information content (AvgIpc) is 3.54. The molecule has 10 aromatic rings. The van der Waals surface area contributed by atoms with Gasteiger partial charge in [-0.3, -0.25) is 0 Å². The predicted molar refractivity (Wildman–Crippen MR) is 172 cm³/mol. The molecule has 0 aliphatic carbocycles. The lowest BCUT2D eigenvalue weighted by Crippen LogP contribution is -1.96. The fourth-order valence-corrected chi connectivity index (χ4v) is 6.97. The molecule has 194 valence electrons. The second-order valence-corrected chi connectivity index (χ2v) is 11.0. The molecule has 4 aromatic heterocycles. The van der Waals surface area contributed by atoms with E-state index in [0.717, 1.165) is 77.4 Å². The van der Waals surface area contributed by atoms with Crippen LogP contribution in [0.2, 0.25) is 0 Å². The number of hydrogen-bond donors (Lipinski definition) is 0. The summed E-state index contributed by atoms with van der Waals surface area (Å²) >= 11 is 0. The highest BCUT2D eigenvalue weighted by atomic mass is 16.3. The van der Waals surface area contributed by atoms with Crippen molar-refractivity contribution in [2.24, 2.45) is 0 Å². The van der Waals surface area contributed by atoms with Gasteiger partial charge in [-0.2, -0.15) is 0 Å². The molecule has 10 rings (SSSR count). The van der Waals surface area contributed by atoms with Gasteiger partial charge in [-0.15, -0.1) is 0 Å². The zero-order chi connectivity index (χ0) is 27.4. The summed E-state index contributed by atoms with van der Waals surface area (Å²) < 4.78 is 9.21. The number of benzene rings is 6. The molecule has 0 bridgehead atoms. The molecule has 0 aliphatic rings. The third kappa shape index (κ3) is 2.76. The normalized spacial score (nSPS) is 12.3. The lowest BCUT2D eigenvalue weighted by atomic mass is 9.93. The van der Waals surface area contributed by atoms with Crippen molar-refractivity contribution in [3.63, 3.8) is 0 Å². The summed E-state index contributed by atoms with van der Waals surface area (Å²) in [6.45, 7) is 0. The molecule has 0 aliphatic heterocycles. The zero-order valence-corrected chi connectivity index (χ0v) is 22.4. The number of aromatic nitrogens is 3. The van der Waals surface area contributed by atoms with Crippen LogP contribution in [0.25, 0.3) is 93.6 Å². The molecule has 4 heterocycles. The smallest absolute Gasteiger partial charge is 0.161 e. The standard InChI is InChI=1S/C38H21N3O/c1-2-11-22(12-3-1)35-36(40-29-18-7-6-17-28(29)39-35)27-21-32-34-33-24(15-10-16-25(27)33)23-13-4-8-19-30(23)41-31-20-9-5-14-26(31)38(42-32)37(34)41/h1-21H. The first kappa shape index (κ1) is 22.0. The fourth-order valence-electron chi connectivity index (χ4n) is 6.97. The monoisotopic (exact) mass is 535 g/mol. The van der Waals surface area contributed by atoms with Crippen molar-refractivity contribution in [1.29, 1.82) is 0 Å². The van der Waals surface area contributed by atoms with E-state index in [0.29, 0.717) is 0 Å². The van der Waals surface area contributed by atoms with E-state index in [2.05, 4.69) is 101 Å². The molecule has 0 saturated carbocycles. The Kier molecular flexibility index (Phi) is 4.15. The lowest BCUT2D eigenvalue weighted by molar-refractivity contribution is 0.673. The van der Waals surface area contributed by atoms with Gasteiger partial charge in [0.1, 0.15) is 11.1 Å². The Hall–Kier alpha value is -5.74. The van der Waals surface area contributed by atoms with Gasteiger partial charge in [-0.25, -0.2) is 9.97 Å². The van der Waals surface area contributed by atoms with Crippen molar-refractivity contribution >= 4 is 71.1 Å². The number of fused-ring (bicyclic) bond motifs is 7. The Morgan fingerprint density at radius 1 is 0.500 bits per heavy atom. The second-order valence-electron chi connectivity index (χ2n) is 11.0. The van der Waals surface area contributed by atoms with Gasteiger partial charge < -0.3 is 8.82 Å². The van der Waals surface area contributed by atoms with E-state index in [9.17, 15) is 0 Å². The Morgan fingerprint density at radius 3 is 1.93 bits per heavy atom. The molecule has 0 radical (unpaired) electrons. The summed E-state index contributed by atoms with van der Waals surface area (Å²) in [5.74, 6) is 0. The molecule has 0 fully saturated rings. The largest absolute Gasteiger partial charge is 0.454 e. The third-order valence-electron chi connectivity index (χ3n) is 8.71. The van der Waals surface area contributed by atoms with Crippen LogP contribution in [0.1, 0.15) is 0 Å². The van der Waals surface area contributed by atoms with E-state index >= 15 is 0 Å². The molecular weight excluding hydrogens is 514 g/mol. The van der Waals surface area contributed by atoms with Crippen molar-refractivity contribution in [2.45, 2.75) is 0 Å². The molecule has 0 saturated heterocycles. The van der Waals surface area contributed by atoms with Crippen LogP contribution in [0.3, 0.4) is 0 Å². The van der Waals surface area contributed by atoms with Crippen molar-refractivity contribution < 1.29 is 4.42 Å². The van der Waals surface area contributed by atoms with Crippen LogP contribution in [0, 0.1) is 0 Å². The Balaban J connectivity index is 1.47. The van der Waals surface area contributed by atoms with Crippen LogP contribution in [0.15, 0.2) is 132 Å². The Morgan fingerprint density at radius 2 is 1.12 bits per heavy atom. The SMILES string of the molecule is c1ccc(-c2nc3ccccc3nc2-c2cc3oc4c5ccccc5n5c6ccccc6c6cccc2c6c3c45)cc1. The maximum atomic E-state index is 6.82. The minimum Gasteiger partial charge on any atom is -0.454 e. The van der Waals surface area contributed by atoms with Gasteiger partial charge in [0.25, 0.3) is 0 Å². The number of nitrogens with zero attached hydrogens (tertiary/aromatic N) is 3. The second kappa shape index (κ2) is 7.93. The molecule has 0 atom stereocenters. The lowest BCUT2D eigenvalue weighted by Gasteiger charge is -2.14. The third-order valence-corrected chi connectivity index (χ3v) is 8.71. The number of furan rings is 1. The number of para-hydroxylation sites is 4. The summed E-state index contributed by atoms with van der Waals surface area (Å²) in [6, 6.07) is 44.5. The topological polar surface area (TPSA) is 43.3 Å². The minimum atomic E-state index is 0.852. The molecular formula is C38H21N3O. The molecule has 0 unspecified atom stereocenters. The summed E-state index contributed by atoms with van der Waals surface area (Å²) in [5, 5.41) is 6.98. The highest BCUT2D eigenvalue weighted by Gasteiger charge is 2.25. The maximum absolute atomic E-state index is 6.82. The highest BCUT2D eigenvalue weighted by molar-refractivity contribution is 6.33. The van der Waals surface area contributed by atoms with E-state index in [1.54, 1.807) is 0 Å². The van der Waals surface area contributed by atoms with Gasteiger partial charge in [0.15, 0.2) is 5.58 Å². The van der Waals surface area contributed by atoms with E-state index in [4.69, 9.17) is 14.4 Å². The van der Waals surface area contributed by atoms with Crippen molar-refractivity contribution in [1.82, 2.24) is 14.4 Å². The summed E-state index contributed by atoms with van der Waals surface area (Å²) in [5.41, 5.74) is 10.7. The van der Waals surface area contributed by atoms with Crippen molar-refractivity contribution in [3.8, 4) is 22.5 Å². The van der Waals surface area contributed by atoms with E-state index in [1.165, 1.54) is 16.2 Å². The zero-order valence-electron chi connectivity index (χ0n) is 22.4. The van der Waals surface area contributed by atoms with Crippen LogP contribution in [0.4, 0.5) is 0 Å². The fraction of sp³-hybridized carbons (Fsp3) is 0. The first-order valence-electron chi connectivity index (χ1n) is 14.2. The van der Waals surface area contributed by atoms with Crippen LogP contribution >= 0.6 is 0 Å². The summed E-state index contributed by atoms with van der Waals surface area (Å²) in [4.78, 5) is 10.4. The Bertz CT molecular complexity index is 2680. The van der Waals surface area contributed by atoms with Gasteiger partial charge in [-0.05, 0) is 47.2 Å². The molecule has 4 heteroatoms. The predicted octanol–water partition coefficient (Wildman–Crippen LogP) is 10.0. The van der Waals surface area contributed by atoms with Gasteiger partial charge in [0, 0.05) is 27.3 Å². The van der Waals surface area contributed by atoms with Crippen molar-refractivity contribution in [3.05, 3.63) is 127 Å². The quantitative estimate of drug-likeness (QED) is 0.221. The average molecular weight is 536 g/mol. The molecule has 0 spiro atoms. The number of hydrogen-bond acceptors (Lipinski definition) is 3. The molecule has 6 aromatic carbocycles. The van der Waals surface area contributed by atoms with Gasteiger partial charge >= 0.3 is 0 Å². The van der Waals surface area contributed by atoms with Gasteiger partial charge in [0.05, 0.1) is 38.8 Å². The molecule has 42 heavy (non-hydrogen) atoms. The molecule has 0 N–H and O–H groups in total. The highest BCUT2D eigenvalue weighted by Crippen LogP contribution is 2.47. The first-order valence-corrected chi connectivity index (χ1v) is 14.2. The minimum absolute atomic E-state index is 0.852. The van der Waals surface area contributed by atoms with Crippen molar-refractivity contribution in [2.75, 3.05) is 0 Å². The van der Waals surface area contributed by atoms with Gasteiger partial charge in [0.2, 0.25) is 0 Å². The van der Waals surface area contributed by atoms with Crippen LogP contribution in [-0.2, 0) is 0 Å². The van der Waals surface area contributed by atoms with E-state index in [-0.39, 0.29) is 0 Å². The summed E-state index contributed by atoms with van der Waals surface area (Å²) in [6.07, 6.45) is 0. The van der Waals surface area contributed by atoms with Crippen LogP contribution in [0.5, 0.6) is 0 Å².